The first kappa shape index (κ1) is 17.0. The number of hydrogen-bond acceptors (Lipinski definition) is 3. The molecule has 1 aromatic heterocycles. The van der Waals surface area contributed by atoms with Gasteiger partial charge in [0.1, 0.15) is 5.82 Å². The van der Waals surface area contributed by atoms with Crippen molar-refractivity contribution in [1.29, 1.82) is 0 Å². The summed E-state index contributed by atoms with van der Waals surface area (Å²) in [5.41, 5.74) is 0.826. The van der Waals surface area contributed by atoms with Gasteiger partial charge in [0.05, 0.1) is 18.2 Å². The summed E-state index contributed by atoms with van der Waals surface area (Å²) >= 11 is 0. The zero-order valence-electron chi connectivity index (χ0n) is 15.0. The van der Waals surface area contributed by atoms with Crippen LogP contribution in [0.25, 0.3) is 0 Å². The SMILES string of the molecule is CC(C)CC(=O)N1CCn2cc(CC(=O)N3CCCC3)nc2[C@@H]1C. The molecule has 6 heteroatoms. The lowest BCUT2D eigenvalue weighted by Gasteiger charge is -2.34. The van der Waals surface area contributed by atoms with Crippen molar-refractivity contribution in [2.75, 3.05) is 19.6 Å². The highest BCUT2D eigenvalue weighted by molar-refractivity contribution is 5.78. The molecule has 0 unspecified atom stereocenters. The van der Waals surface area contributed by atoms with Crippen LogP contribution in [0.1, 0.15) is 57.6 Å². The maximum atomic E-state index is 12.4. The minimum absolute atomic E-state index is 0.0272. The lowest BCUT2D eigenvalue weighted by molar-refractivity contribution is -0.135. The highest BCUT2D eigenvalue weighted by Crippen LogP contribution is 2.26. The number of likely N-dealkylation sites (tertiary alicyclic amines) is 1. The number of imidazole rings is 1. The van der Waals surface area contributed by atoms with Crippen LogP contribution in [0.3, 0.4) is 0 Å². The summed E-state index contributed by atoms with van der Waals surface area (Å²) in [7, 11) is 0. The molecule has 1 atom stereocenters. The molecule has 3 rings (SSSR count). The molecule has 2 aliphatic rings. The first-order valence-corrected chi connectivity index (χ1v) is 9.09. The first-order chi connectivity index (χ1) is 11.5. The van der Waals surface area contributed by atoms with Crippen LogP contribution in [0.5, 0.6) is 0 Å². The van der Waals surface area contributed by atoms with Crippen molar-refractivity contribution < 1.29 is 9.59 Å². The van der Waals surface area contributed by atoms with Crippen molar-refractivity contribution in [3.05, 3.63) is 17.7 Å². The van der Waals surface area contributed by atoms with Crippen molar-refractivity contribution >= 4 is 11.8 Å². The third kappa shape index (κ3) is 3.47. The van der Waals surface area contributed by atoms with Crippen LogP contribution in [0.2, 0.25) is 0 Å². The van der Waals surface area contributed by atoms with Gasteiger partial charge in [-0.2, -0.15) is 0 Å². The first-order valence-electron chi connectivity index (χ1n) is 9.09. The monoisotopic (exact) mass is 332 g/mol. The van der Waals surface area contributed by atoms with Crippen LogP contribution in [0.4, 0.5) is 0 Å². The van der Waals surface area contributed by atoms with Gasteiger partial charge in [0.15, 0.2) is 0 Å². The summed E-state index contributed by atoms with van der Waals surface area (Å²) in [6, 6.07) is -0.0272. The summed E-state index contributed by atoms with van der Waals surface area (Å²) in [5, 5.41) is 0. The fraction of sp³-hybridized carbons (Fsp3) is 0.722. The van der Waals surface area contributed by atoms with Gasteiger partial charge in [0.25, 0.3) is 0 Å². The van der Waals surface area contributed by atoms with E-state index in [9.17, 15) is 9.59 Å². The van der Waals surface area contributed by atoms with Crippen LogP contribution in [0, 0.1) is 5.92 Å². The van der Waals surface area contributed by atoms with E-state index in [0.29, 0.717) is 18.8 Å². The Hall–Kier alpha value is -1.85. The second-order valence-corrected chi connectivity index (χ2v) is 7.41. The van der Waals surface area contributed by atoms with Crippen molar-refractivity contribution in [3.63, 3.8) is 0 Å². The van der Waals surface area contributed by atoms with E-state index < -0.39 is 0 Å². The van der Waals surface area contributed by atoms with Crippen LogP contribution >= 0.6 is 0 Å². The average molecular weight is 332 g/mol. The summed E-state index contributed by atoms with van der Waals surface area (Å²) in [4.78, 5) is 33.3. The Kier molecular flexibility index (Phi) is 4.92. The molecule has 0 N–H and O–H groups in total. The van der Waals surface area contributed by atoms with E-state index in [-0.39, 0.29) is 17.9 Å². The van der Waals surface area contributed by atoms with Crippen LogP contribution in [-0.4, -0.2) is 50.8 Å². The number of amides is 2. The van der Waals surface area contributed by atoms with Crippen LogP contribution in [-0.2, 0) is 22.6 Å². The van der Waals surface area contributed by atoms with Crippen LogP contribution in [0.15, 0.2) is 6.20 Å². The summed E-state index contributed by atoms with van der Waals surface area (Å²) < 4.78 is 2.11. The number of nitrogens with zero attached hydrogens (tertiary/aromatic N) is 4. The molecule has 0 aromatic carbocycles. The molecule has 6 nitrogen and oxygen atoms in total. The summed E-state index contributed by atoms with van der Waals surface area (Å²) in [5.74, 6) is 1.63. The number of aromatic nitrogens is 2. The number of fused-ring (bicyclic) bond motifs is 1. The van der Waals surface area contributed by atoms with Gasteiger partial charge in [-0.15, -0.1) is 0 Å². The molecule has 0 bridgehead atoms. The number of hydrogen-bond donors (Lipinski definition) is 0. The predicted molar refractivity (Wildman–Crippen MR) is 91.3 cm³/mol. The second-order valence-electron chi connectivity index (χ2n) is 7.41. The number of carbonyl (C=O) groups is 2. The molecule has 0 spiro atoms. The zero-order chi connectivity index (χ0) is 17.3. The lowest BCUT2D eigenvalue weighted by Crippen LogP contribution is -2.41. The average Bonchev–Trinajstić information content (AvgIpc) is 3.15. The Balaban J connectivity index is 1.69. The van der Waals surface area contributed by atoms with E-state index in [1.165, 1.54) is 0 Å². The van der Waals surface area contributed by atoms with Gasteiger partial charge in [-0.05, 0) is 25.7 Å². The molecule has 2 aliphatic heterocycles. The Labute approximate surface area is 143 Å². The zero-order valence-corrected chi connectivity index (χ0v) is 15.0. The summed E-state index contributed by atoms with van der Waals surface area (Å²) in [6.07, 6.45) is 5.15. The fourth-order valence-corrected chi connectivity index (χ4v) is 3.67. The van der Waals surface area contributed by atoms with E-state index in [1.807, 2.05) is 22.9 Å². The normalized spacial score (nSPS) is 20.6. The van der Waals surface area contributed by atoms with Gasteiger partial charge < -0.3 is 14.4 Å². The van der Waals surface area contributed by atoms with E-state index in [2.05, 4.69) is 23.4 Å². The molecule has 3 heterocycles. The maximum absolute atomic E-state index is 12.4. The van der Waals surface area contributed by atoms with Crippen LogP contribution < -0.4 is 0 Å². The van der Waals surface area contributed by atoms with E-state index in [0.717, 1.165) is 50.5 Å². The van der Waals surface area contributed by atoms with Crippen molar-refractivity contribution in [2.24, 2.45) is 5.92 Å². The molecule has 132 valence electrons. The quantitative estimate of drug-likeness (QED) is 0.847. The molecule has 1 fully saturated rings. The molecular formula is C18H28N4O2. The fourth-order valence-electron chi connectivity index (χ4n) is 3.67. The molecule has 1 aromatic rings. The van der Waals surface area contributed by atoms with Gasteiger partial charge in [-0.25, -0.2) is 4.98 Å². The van der Waals surface area contributed by atoms with Gasteiger partial charge >= 0.3 is 0 Å². The van der Waals surface area contributed by atoms with E-state index in [4.69, 9.17) is 0 Å². The van der Waals surface area contributed by atoms with Crippen molar-refractivity contribution in [2.45, 2.75) is 59.0 Å². The Morgan fingerprint density at radius 3 is 2.54 bits per heavy atom. The largest absolute Gasteiger partial charge is 0.342 e. The molecule has 24 heavy (non-hydrogen) atoms. The Morgan fingerprint density at radius 1 is 1.17 bits per heavy atom. The molecule has 0 saturated carbocycles. The highest BCUT2D eigenvalue weighted by Gasteiger charge is 2.30. The minimum Gasteiger partial charge on any atom is -0.342 e. The molecule has 0 radical (unpaired) electrons. The van der Waals surface area contributed by atoms with Gasteiger partial charge in [-0.1, -0.05) is 13.8 Å². The minimum atomic E-state index is -0.0272. The molecule has 1 saturated heterocycles. The van der Waals surface area contributed by atoms with E-state index in [1.54, 1.807) is 0 Å². The highest BCUT2D eigenvalue weighted by atomic mass is 16.2. The third-order valence-corrected chi connectivity index (χ3v) is 4.97. The number of rotatable bonds is 4. The Morgan fingerprint density at radius 2 is 1.88 bits per heavy atom. The topological polar surface area (TPSA) is 58.4 Å². The van der Waals surface area contributed by atoms with Gasteiger partial charge in [0, 0.05) is 38.8 Å². The predicted octanol–water partition coefficient (Wildman–Crippen LogP) is 2.00. The van der Waals surface area contributed by atoms with Crippen molar-refractivity contribution in [1.82, 2.24) is 19.4 Å². The van der Waals surface area contributed by atoms with Crippen molar-refractivity contribution in [3.8, 4) is 0 Å². The molecular weight excluding hydrogens is 304 g/mol. The van der Waals surface area contributed by atoms with Gasteiger partial charge in [0.2, 0.25) is 11.8 Å². The molecule has 2 amide bonds. The second kappa shape index (κ2) is 6.95. The standard InChI is InChI=1S/C18H28N4O2/c1-13(2)10-17(24)22-9-8-21-12-15(19-18(21)14(22)3)11-16(23)20-6-4-5-7-20/h12-14H,4-11H2,1-3H3/t14-/m0/s1. The smallest absolute Gasteiger partial charge is 0.228 e. The van der Waals surface area contributed by atoms with Gasteiger partial charge in [-0.3, -0.25) is 9.59 Å². The lowest BCUT2D eigenvalue weighted by atomic mass is 10.1. The summed E-state index contributed by atoms with van der Waals surface area (Å²) in [6.45, 7) is 9.39. The third-order valence-electron chi connectivity index (χ3n) is 4.97. The maximum Gasteiger partial charge on any atom is 0.228 e. The number of carbonyl (C=O) groups excluding carboxylic acids is 2. The molecule has 0 aliphatic carbocycles. The van der Waals surface area contributed by atoms with E-state index >= 15 is 0 Å². The Bertz CT molecular complexity index is 617.